The Bertz CT molecular complexity index is 1490. The van der Waals surface area contributed by atoms with Gasteiger partial charge in [0.1, 0.15) is 0 Å². The quantitative estimate of drug-likeness (QED) is 0.0720. The molecule has 0 unspecified atom stereocenters. The first kappa shape index (κ1) is 30.9. The molecule has 6 heteroatoms. The Morgan fingerprint density at radius 3 is 2.28 bits per heavy atom. The Morgan fingerprint density at radius 2 is 1.62 bits per heavy atom. The van der Waals surface area contributed by atoms with E-state index in [9.17, 15) is 9.90 Å². The molecule has 0 bridgehead atoms. The van der Waals surface area contributed by atoms with E-state index >= 15 is 0 Å². The van der Waals surface area contributed by atoms with Crippen molar-refractivity contribution in [3.8, 4) is 11.3 Å². The minimum atomic E-state index is -1.86. The monoisotopic (exact) mass is 716 g/mol. The van der Waals surface area contributed by atoms with Crippen LogP contribution in [0.2, 0.25) is 13.1 Å². The molecule has 5 rings (SSSR count). The van der Waals surface area contributed by atoms with Crippen LogP contribution in [0.1, 0.15) is 53.4 Å². The van der Waals surface area contributed by atoms with Crippen LogP contribution in [0.5, 0.6) is 0 Å². The summed E-state index contributed by atoms with van der Waals surface area (Å²) in [6.07, 6.45) is 8.68. The zero-order valence-electron chi connectivity index (χ0n) is 23.8. The van der Waals surface area contributed by atoms with Crippen molar-refractivity contribution in [3.05, 3.63) is 72.8 Å². The van der Waals surface area contributed by atoms with Crippen LogP contribution in [0.25, 0.3) is 32.8 Å². The summed E-state index contributed by atoms with van der Waals surface area (Å²) < 4.78 is 0. The van der Waals surface area contributed by atoms with E-state index < -0.39 is 8.07 Å². The van der Waals surface area contributed by atoms with E-state index in [1.165, 1.54) is 38.1 Å². The minimum absolute atomic E-state index is 0. The second-order valence-corrected chi connectivity index (χ2v) is 14.9. The number of fused-ring (bicyclic) bond motifs is 4. The van der Waals surface area contributed by atoms with E-state index in [4.69, 9.17) is 9.97 Å². The summed E-state index contributed by atoms with van der Waals surface area (Å²) in [5, 5.41) is 17.6. The van der Waals surface area contributed by atoms with E-state index in [1.54, 1.807) is 0 Å². The van der Waals surface area contributed by atoms with Crippen molar-refractivity contribution < 1.29 is 30.0 Å². The standard InChI is InChI=1S/C20H15N2Si.C13H24O2.Ir/c1-23(2)17-12-13-6-3-4-7-14(13)15-9-11-21-19(18(15)17)16-8-5-10-22-20(16)23;1-5-10(6-2)12(14)9-13(15)11(7-3)8-4;/h3-7,9-12H,1-2H3;9-11,14H,5-8H2,1-4H3;/q-1;;/b;12-9-;. The van der Waals surface area contributed by atoms with Crippen molar-refractivity contribution in [1.29, 1.82) is 0 Å². The zero-order valence-corrected chi connectivity index (χ0v) is 27.2. The van der Waals surface area contributed by atoms with E-state index in [0.29, 0.717) is 0 Å². The molecule has 0 saturated heterocycles. The van der Waals surface area contributed by atoms with Crippen molar-refractivity contribution in [2.45, 2.75) is 66.5 Å². The number of hydrogen-bond acceptors (Lipinski definition) is 4. The number of allylic oxidation sites excluding steroid dienone is 2. The summed E-state index contributed by atoms with van der Waals surface area (Å²) in [5.74, 6) is 0.547. The molecule has 2 aromatic carbocycles. The topological polar surface area (TPSA) is 63.1 Å². The molecule has 0 amide bonds. The van der Waals surface area contributed by atoms with Gasteiger partial charge < -0.3 is 15.1 Å². The maximum atomic E-state index is 11.7. The Morgan fingerprint density at radius 1 is 0.949 bits per heavy atom. The van der Waals surface area contributed by atoms with E-state index in [0.717, 1.165) is 36.9 Å². The zero-order chi connectivity index (χ0) is 27.4. The van der Waals surface area contributed by atoms with Gasteiger partial charge in [0.2, 0.25) is 0 Å². The molecule has 4 nitrogen and oxygen atoms in total. The summed E-state index contributed by atoms with van der Waals surface area (Å²) >= 11 is 0. The summed E-state index contributed by atoms with van der Waals surface area (Å²) in [7, 11) is -1.86. The van der Waals surface area contributed by atoms with Crippen LogP contribution in [-0.4, -0.2) is 28.9 Å². The number of benzene rings is 2. The third-order valence-electron chi connectivity index (χ3n) is 8.10. The van der Waals surface area contributed by atoms with Gasteiger partial charge in [-0.2, -0.15) is 0 Å². The normalized spacial score (nSPS) is 13.6. The molecular formula is C33H39IrN2O2Si-. The van der Waals surface area contributed by atoms with Gasteiger partial charge in [0.15, 0.2) is 5.78 Å². The second kappa shape index (κ2) is 13.1. The van der Waals surface area contributed by atoms with Gasteiger partial charge in [-0.05, 0) is 64.3 Å². The van der Waals surface area contributed by atoms with Gasteiger partial charge in [-0.3, -0.25) is 4.79 Å². The molecular weight excluding hydrogens is 677 g/mol. The first-order valence-electron chi connectivity index (χ1n) is 13.9. The third kappa shape index (κ3) is 5.94. The minimum Gasteiger partial charge on any atom is -0.512 e. The first-order chi connectivity index (χ1) is 18.3. The fourth-order valence-electron chi connectivity index (χ4n) is 5.66. The Hall–Kier alpha value is -2.66. The number of carbonyl (C=O) groups is 1. The average Bonchev–Trinajstić information content (AvgIpc) is 2.93. The fraction of sp³-hybridized carbons (Fsp3) is 0.364. The number of nitrogens with zero attached hydrogens (tertiary/aromatic N) is 2. The smallest absolute Gasteiger partial charge is 0.162 e. The summed E-state index contributed by atoms with van der Waals surface area (Å²) in [6, 6.07) is 18.4. The summed E-state index contributed by atoms with van der Waals surface area (Å²) in [6.45, 7) is 12.8. The maximum absolute atomic E-state index is 11.7. The molecule has 2 aromatic heterocycles. The third-order valence-corrected chi connectivity index (χ3v) is 11.4. The SMILES string of the molecule is CCC(CC)C(=O)/C=C(\O)C(CC)CC.C[Si]1(C)c2ncc[c-]c2-c2nccc3c2c1cc1ccccc13.[Ir]. The number of carbonyl (C=O) groups excluding carboxylic acids is 1. The molecule has 1 aliphatic rings. The maximum Gasteiger partial charge on any atom is 0.162 e. The number of aliphatic hydroxyl groups is 1. The summed E-state index contributed by atoms with van der Waals surface area (Å²) in [5.41, 5.74) is 2.13. The van der Waals surface area contributed by atoms with Crippen LogP contribution < -0.4 is 10.5 Å². The van der Waals surface area contributed by atoms with Crippen molar-refractivity contribution in [1.82, 2.24) is 9.97 Å². The van der Waals surface area contributed by atoms with Crippen LogP contribution in [-0.2, 0) is 24.9 Å². The second-order valence-electron chi connectivity index (χ2n) is 10.7. The number of aliphatic hydroxyl groups excluding tert-OH is 1. The molecule has 0 saturated carbocycles. The van der Waals surface area contributed by atoms with Gasteiger partial charge in [0.25, 0.3) is 0 Å². The van der Waals surface area contributed by atoms with Crippen molar-refractivity contribution >= 4 is 45.9 Å². The van der Waals surface area contributed by atoms with Gasteiger partial charge >= 0.3 is 0 Å². The van der Waals surface area contributed by atoms with Crippen molar-refractivity contribution in [2.75, 3.05) is 0 Å². The predicted octanol–water partition coefficient (Wildman–Crippen LogP) is 7.25. The van der Waals surface area contributed by atoms with Gasteiger partial charge in [-0.1, -0.05) is 82.5 Å². The van der Waals surface area contributed by atoms with E-state index in [2.05, 4.69) is 55.6 Å². The number of pyridine rings is 2. The molecule has 0 fully saturated rings. The molecule has 4 aromatic rings. The van der Waals surface area contributed by atoms with Crippen LogP contribution in [0.4, 0.5) is 0 Å². The molecule has 1 aliphatic heterocycles. The Kier molecular flexibility index (Phi) is 10.4. The first-order valence-corrected chi connectivity index (χ1v) is 16.9. The number of ketones is 1. The van der Waals surface area contributed by atoms with Crippen molar-refractivity contribution in [2.24, 2.45) is 11.8 Å². The van der Waals surface area contributed by atoms with Crippen LogP contribution in [0.15, 0.2) is 66.7 Å². The number of aromatic nitrogens is 2. The average molecular weight is 716 g/mol. The van der Waals surface area contributed by atoms with Crippen LogP contribution >= 0.6 is 0 Å². The Labute approximate surface area is 247 Å². The molecule has 0 atom stereocenters. The van der Waals surface area contributed by atoms with Gasteiger partial charge in [-0.25, -0.2) is 0 Å². The van der Waals surface area contributed by atoms with Crippen molar-refractivity contribution in [3.63, 3.8) is 0 Å². The van der Waals surface area contributed by atoms with Gasteiger partial charge in [0.05, 0.1) is 13.8 Å². The molecule has 207 valence electrons. The predicted molar refractivity (Wildman–Crippen MR) is 162 cm³/mol. The fourth-order valence-corrected chi connectivity index (χ4v) is 8.53. The van der Waals surface area contributed by atoms with Crippen LogP contribution in [0.3, 0.4) is 0 Å². The summed E-state index contributed by atoms with van der Waals surface area (Å²) in [4.78, 5) is 21.1. The molecule has 1 radical (unpaired) electrons. The van der Waals surface area contributed by atoms with Gasteiger partial charge in [0, 0.05) is 44.2 Å². The molecule has 1 N–H and O–H groups in total. The molecule has 0 aliphatic carbocycles. The Balaban J connectivity index is 0.000000233. The van der Waals surface area contributed by atoms with Gasteiger partial charge in [-0.15, -0.1) is 17.7 Å². The van der Waals surface area contributed by atoms with E-state index in [1.807, 2.05) is 46.2 Å². The molecule has 3 heterocycles. The van der Waals surface area contributed by atoms with Crippen LogP contribution in [0, 0.1) is 17.9 Å². The molecule has 39 heavy (non-hydrogen) atoms. The van der Waals surface area contributed by atoms with E-state index in [-0.39, 0.29) is 43.5 Å². The molecule has 0 spiro atoms. The largest absolute Gasteiger partial charge is 0.512 e. The number of rotatable bonds is 7. The number of hydrogen-bond donors (Lipinski definition) is 1.